The van der Waals surface area contributed by atoms with Crippen LogP contribution in [0.4, 0.5) is 34.1 Å². The van der Waals surface area contributed by atoms with Crippen LogP contribution in [0.15, 0.2) is 126 Å². The molecule has 8 aromatic rings. The van der Waals surface area contributed by atoms with Crippen LogP contribution >= 0.6 is 0 Å². The first-order valence-corrected chi connectivity index (χ1v) is 23.9. The summed E-state index contributed by atoms with van der Waals surface area (Å²) in [5.41, 5.74) is 25.6. The predicted molar refractivity (Wildman–Crippen MR) is 277 cm³/mol. The van der Waals surface area contributed by atoms with Crippen molar-refractivity contribution in [2.24, 2.45) is 0 Å². The molecule has 0 fully saturated rings. The van der Waals surface area contributed by atoms with Gasteiger partial charge in [0.2, 0.25) is 0 Å². The third kappa shape index (κ3) is 5.43. The SMILES string of the molecule is Cc1cc2c3c(c1)N(c1cccc4oc5ccccc5c14)c1cc4c(cc1B3c1cc(C(C)(C)C)ccc1N2c1cc2c(cc1C)C(C)(C)CC2(C)C)C(C)(C)c1ccccc1C4(C)C. The number of hydrogen-bond donors (Lipinski definition) is 0. The molecule has 2 aliphatic carbocycles. The lowest BCUT2D eigenvalue weighted by Gasteiger charge is -2.48. The molecule has 0 radical (unpaired) electrons. The van der Waals surface area contributed by atoms with E-state index in [0.717, 1.165) is 34.0 Å². The maximum Gasteiger partial charge on any atom is 0.252 e. The van der Waals surface area contributed by atoms with Crippen LogP contribution in [0.5, 0.6) is 0 Å². The monoisotopic (exact) mass is 848 g/mol. The molecule has 0 saturated heterocycles. The number of nitrogens with zero attached hydrogens (tertiary/aromatic N) is 2. The Morgan fingerprint density at radius 3 is 1.74 bits per heavy atom. The molecule has 2 aliphatic heterocycles. The van der Waals surface area contributed by atoms with Crippen molar-refractivity contribution in [1.82, 2.24) is 0 Å². The van der Waals surface area contributed by atoms with Gasteiger partial charge in [-0.2, -0.15) is 0 Å². The molecule has 0 amide bonds. The van der Waals surface area contributed by atoms with Gasteiger partial charge < -0.3 is 14.2 Å². The van der Waals surface area contributed by atoms with Crippen molar-refractivity contribution in [3.63, 3.8) is 0 Å². The topological polar surface area (TPSA) is 19.6 Å². The zero-order valence-electron chi connectivity index (χ0n) is 40.6. The van der Waals surface area contributed by atoms with E-state index in [9.17, 15) is 0 Å². The molecule has 0 spiro atoms. The summed E-state index contributed by atoms with van der Waals surface area (Å²) < 4.78 is 6.66. The van der Waals surface area contributed by atoms with Gasteiger partial charge in [0.25, 0.3) is 6.71 Å². The first-order valence-electron chi connectivity index (χ1n) is 23.9. The molecule has 12 rings (SSSR count). The van der Waals surface area contributed by atoms with Crippen LogP contribution in [-0.4, -0.2) is 6.71 Å². The van der Waals surface area contributed by atoms with Crippen molar-refractivity contribution in [2.75, 3.05) is 9.80 Å². The van der Waals surface area contributed by atoms with E-state index in [1.807, 2.05) is 0 Å². The van der Waals surface area contributed by atoms with Crippen molar-refractivity contribution in [1.29, 1.82) is 0 Å². The molecule has 4 aliphatic rings. The Bertz CT molecular complexity index is 3390. The Balaban J connectivity index is 1.23. The van der Waals surface area contributed by atoms with Gasteiger partial charge in [0, 0.05) is 44.7 Å². The standard InChI is InChI=1S/C61H61BN2O/c1-35-27-51-56-52(28-35)64(48-22-18-24-54-55(48)38-19-14-17-23-53(38)65-54)50-33-44-43(60(10,11)39-20-15-16-21-40(39)61(44,12)13)31-46(50)62(56)45-30-37(57(3,4)5)25-26-47(45)63(51)49-32-42-41(29-36(49)2)58(6,7)34-59(42,8)9/h14-33H,34H2,1-13H3. The second-order valence-electron chi connectivity index (χ2n) is 23.5. The van der Waals surface area contributed by atoms with Gasteiger partial charge in [0.1, 0.15) is 11.2 Å². The number of anilines is 6. The molecule has 3 nitrogen and oxygen atoms in total. The van der Waals surface area contributed by atoms with Gasteiger partial charge in [0.05, 0.1) is 11.1 Å². The lowest BCUT2D eigenvalue weighted by molar-refractivity contribution is 0.403. The Kier molecular flexibility index (Phi) is 8.02. The second-order valence-corrected chi connectivity index (χ2v) is 23.5. The van der Waals surface area contributed by atoms with Crippen molar-refractivity contribution < 1.29 is 4.42 Å². The van der Waals surface area contributed by atoms with E-state index >= 15 is 0 Å². The maximum atomic E-state index is 6.66. The van der Waals surface area contributed by atoms with Crippen molar-refractivity contribution in [3.8, 4) is 0 Å². The summed E-state index contributed by atoms with van der Waals surface area (Å²) in [6, 6.07) is 47.1. The zero-order valence-corrected chi connectivity index (χ0v) is 40.6. The average Bonchev–Trinajstić information content (AvgIpc) is 3.72. The number of benzene rings is 7. The van der Waals surface area contributed by atoms with E-state index in [1.54, 1.807) is 0 Å². The first-order chi connectivity index (χ1) is 30.7. The van der Waals surface area contributed by atoms with E-state index in [1.165, 1.54) is 94.9 Å². The lowest BCUT2D eigenvalue weighted by Crippen LogP contribution is -2.62. The summed E-state index contributed by atoms with van der Waals surface area (Å²) >= 11 is 0. The minimum absolute atomic E-state index is 0.00723. The fraction of sp³-hybridized carbons (Fsp3) is 0.311. The van der Waals surface area contributed by atoms with Crippen LogP contribution in [0.3, 0.4) is 0 Å². The highest BCUT2D eigenvalue weighted by molar-refractivity contribution is 7.00. The molecule has 65 heavy (non-hydrogen) atoms. The van der Waals surface area contributed by atoms with E-state index < -0.39 is 0 Å². The number of rotatable bonds is 2. The van der Waals surface area contributed by atoms with Gasteiger partial charge in [-0.05, 0) is 152 Å². The molecule has 0 bridgehead atoms. The third-order valence-electron chi connectivity index (χ3n) is 16.4. The Hall–Kier alpha value is -6.00. The largest absolute Gasteiger partial charge is 0.456 e. The van der Waals surface area contributed by atoms with Gasteiger partial charge in [-0.3, -0.25) is 0 Å². The summed E-state index contributed by atoms with van der Waals surface area (Å²) in [7, 11) is 0. The Labute approximate surface area is 386 Å². The minimum atomic E-state index is -0.220. The molecule has 7 aromatic carbocycles. The summed E-state index contributed by atoms with van der Waals surface area (Å²) in [4.78, 5) is 5.28. The smallest absolute Gasteiger partial charge is 0.252 e. The van der Waals surface area contributed by atoms with E-state index in [2.05, 4.69) is 221 Å². The summed E-state index contributed by atoms with van der Waals surface area (Å²) in [6.07, 6.45) is 1.13. The number of hydrogen-bond acceptors (Lipinski definition) is 3. The highest BCUT2D eigenvalue weighted by Gasteiger charge is 2.49. The normalized spacial score (nSPS) is 18.0. The molecule has 0 unspecified atom stereocenters. The van der Waals surface area contributed by atoms with Gasteiger partial charge in [-0.1, -0.05) is 149 Å². The summed E-state index contributed by atoms with van der Waals surface area (Å²) in [5, 5.41) is 2.28. The molecular formula is C61H61BN2O. The van der Waals surface area contributed by atoms with Crippen LogP contribution in [0.2, 0.25) is 0 Å². The number of aryl methyl sites for hydroxylation is 2. The molecule has 0 N–H and O–H groups in total. The van der Waals surface area contributed by atoms with Crippen molar-refractivity contribution >= 4 is 79.2 Å². The summed E-state index contributed by atoms with van der Waals surface area (Å²) in [6.45, 7) is 31.2. The molecule has 4 heteroatoms. The predicted octanol–water partition coefficient (Wildman–Crippen LogP) is 14.5. The zero-order chi connectivity index (χ0) is 45.5. The molecule has 324 valence electrons. The van der Waals surface area contributed by atoms with Gasteiger partial charge in [-0.25, -0.2) is 0 Å². The maximum absolute atomic E-state index is 6.66. The molecular weight excluding hydrogens is 787 g/mol. The molecule has 0 atom stereocenters. The number of para-hydroxylation sites is 1. The van der Waals surface area contributed by atoms with Crippen LogP contribution in [-0.2, 0) is 27.1 Å². The highest BCUT2D eigenvalue weighted by atomic mass is 16.3. The Morgan fingerprint density at radius 1 is 0.492 bits per heavy atom. The second kappa shape index (κ2) is 12.9. The Morgan fingerprint density at radius 2 is 1.06 bits per heavy atom. The van der Waals surface area contributed by atoms with Crippen LogP contribution in [0.1, 0.15) is 133 Å². The highest BCUT2D eigenvalue weighted by Crippen LogP contribution is 2.56. The number of furan rings is 1. The van der Waals surface area contributed by atoms with Gasteiger partial charge >= 0.3 is 0 Å². The third-order valence-corrected chi connectivity index (χ3v) is 16.4. The quantitative estimate of drug-likeness (QED) is 0.162. The first kappa shape index (κ1) is 40.5. The van der Waals surface area contributed by atoms with Gasteiger partial charge in [0.15, 0.2) is 0 Å². The van der Waals surface area contributed by atoms with Crippen molar-refractivity contribution in [3.05, 3.63) is 171 Å². The average molecular weight is 849 g/mol. The van der Waals surface area contributed by atoms with E-state index in [0.29, 0.717) is 0 Å². The minimum Gasteiger partial charge on any atom is -0.456 e. The molecule has 0 saturated carbocycles. The van der Waals surface area contributed by atoms with Crippen LogP contribution in [0.25, 0.3) is 21.9 Å². The number of fused-ring (bicyclic) bond motifs is 10. The molecule has 1 aromatic heterocycles. The molecule has 3 heterocycles. The fourth-order valence-electron chi connectivity index (χ4n) is 13.4. The van der Waals surface area contributed by atoms with Crippen molar-refractivity contribution in [2.45, 2.75) is 124 Å². The van der Waals surface area contributed by atoms with Gasteiger partial charge in [-0.15, -0.1) is 0 Å². The van der Waals surface area contributed by atoms with Crippen LogP contribution in [0, 0.1) is 13.8 Å². The van der Waals surface area contributed by atoms with E-state index in [-0.39, 0.29) is 33.8 Å². The lowest BCUT2D eigenvalue weighted by atomic mass is 9.33. The van der Waals surface area contributed by atoms with E-state index in [4.69, 9.17) is 4.42 Å². The van der Waals surface area contributed by atoms with Crippen LogP contribution < -0.4 is 26.2 Å². The fourth-order valence-corrected chi connectivity index (χ4v) is 13.4. The summed E-state index contributed by atoms with van der Waals surface area (Å²) in [5.74, 6) is 0.